The molecule has 2 aromatic carbocycles. The second kappa shape index (κ2) is 9.28. The lowest BCUT2D eigenvalue weighted by atomic mass is 10.1. The monoisotopic (exact) mass is 420 g/mol. The summed E-state index contributed by atoms with van der Waals surface area (Å²) < 4.78 is 28.4. The van der Waals surface area contributed by atoms with Crippen LogP contribution in [0.15, 0.2) is 53.4 Å². The number of hydrogen-bond acceptors (Lipinski definition) is 7. The Labute approximate surface area is 168 Å². The Bertz CT molecular complexity index is 1020. The van der Waals surface area contributed by atoms with Crippen LogP contribution in [-0.4, -0.2) is 50.0 Å². The van der Waals surface area contributed by atoms with Gasteiger partial charge in [0.25, 0.3) is 11.6 Å². The van der Waals surface area contributed by atoms with E-state index in [1.807, 2.05) is 6.07 Å². The largest absolute Gasteiger partial charge is 0.469 e. The van der Waals surface area contributed by atoms with Gasteiger partial charge in [0, 0.05) is 37.0 Å². The molecule has 0 aliphatic carbocycles. The first kappa shape index (κ1) is 22.0. The number of methoxy groups -OCH3 is 1. The van der Waals surface area contributed by atoms with E-state index < -0.39 is 32.3 Å². The molecular formula is C19H20N2O7S. The van der Waals surface area contributed by atoms with E-state index in [1.165, 1.54) is 12.0 Å². The zero-order valence-corrected chi connectivity index (χ0v) is 16.7. The van der Waals surface area contributed by atoms with Gasteiger partial charge in [-0.3, -0.25) is 19.7 Å². The van der Waals surface area contributed by atoms with Crippen molar-refractivity contribution in [3.05, 3.63) is 69.8 Å². The number of sulfone groups is 1. The fraction of sp³-hybridized carbons (Fsp3) is 0.263. The molecule has 0 fully saturated rings. The lowest BCUT2D eigenvalue weighted by molar-refractivity contribution is -0.385. The fourth-order valence-corrected chi connectivity index (χ4v) is 3.27. The summed E-state index contributed by atoms with van der Waals surface area (Å²) in [6, 6.07) is 12.0. The Balaban J connectivity index is 2.44. The normalized spacial score (nSPS) is 11.0. The Kier molecular flexibility index (Phi) is 7.05. The van der Waals surface area contributed by atoms with Crippen molar-refractivity contribution in [1.29, 1.82) is 0 Å². The number of amides is 1. The number of nitro groups is 1. The predicted octanol–water partition coefficient (Wildman–Crippen LogP) is 2.20. The van der Waals surface area contributed by atoms with Crippen molar-refractivity contribution >= 4 is 27.4 Å². The minimum absolute atomic E-state index is 0.00268. The van der Waals surface area contributed by atoms with E-state index in [0.29, 0.717) is 0 Å². The number of carbonyl (C=O) groups excluding carboxylic acids is 2. The van der Waals surface area contributed by atoms with Crippen LogP contribution in [0.3, 0.4) is 0 Å². The van der Waals surface area contributed by atoms with Crippen LogP contribution in [0.4, 0.5) is 5.69 Å². The van der Waals surface area contributed by atoms with Gasteiger partial charge in [-0.05, 0) is 11.6 Å². The maximum absolute atomic E-state index is 13.1. The number of benzene rings is 2. The van der Waals surface area contributed by atoms with E-state index in [2.05, 4.69) is 4.74 Å². The van der Waals surface area contributed by atoms with Gasteiger partial charge in [-0.25, -0.2) is 8.42 Å². The van der Waals surface area contributed by atoms with Crippen LogP contribution < -0.4 is 0 Å². The summed E-state index contributed by atoms with van der Waals surface area (Å²) in [5.74, 6) is -1.15. The average Bonchev–Trinajstić information content (AvgIpc) is 2.69. The predicted molar refractivity (Wildman–Crippen MR) is 104 cm³/mol. The molecule has 29 heavy (non-hydrogen) atoms. The second-order valence-electron chi connectivity index (χ2n) is 6.28. The van der Waals surface area contributed by atoms with Crippen LogP contribution in [0.2, 0.25) is 0 Å². The minimum Gasteiger partial charge on any atom is -0.469 e. The van der Waals surface area contributed by atoms with E-state index in [0.717, 1.165) is 30.0 Å². The summed E-state index contributed by atoms with van der Waals surface area (Å²) in [7, 11) is -2.55. The number of nitrogens with zero attached hydrogens (tertiary/aromatic N) is 2. The first-order chi connectivity index (χ1) is 13.6. The van der Waals surface area contributed by atoms with Crippen molar-refractivity contribution < 1.29 is 27.7 Å². The van der Waals surface area contributed by atoms with Crippen molar-refractivity contribution in [3.63, 3.8) is 0 Å². The molecule has 9 nitrogen and oxygen atoms in total. The molecule has 0 unspecified atom stereocenters. The smallest absolute Gasteiger partial charge is 0.307 e. The molecule has 0 aliphatic heterocycles. The molecule has 2 rings (SSSR count). The molecule has 2 aromatic rings. The number of non-ortho nitro benzene ring substituents is 1. The molecule has 1 amide bonds. The summed E-state index contributed by atoms with van der Waals surface area (Å²) in [6.45, 7) is 0.130. The SMILES string of the molecule is COC(=O)CCN(Cc1ccccc1)C(=O)c1cc([N+](=O)[O-])cc(S(C)(=O)=O)c1. The van der Waals surface area contributed by atoms with Gasteiger partial charge in [-0.1, -0.05) is 30.3 Å². The molecule has 10 heteroatoms. The summed E-state index contributed by atoms with van der Waals surface area (Å²) in [5.41, 5.74) is 0.115. The standard InChI is InChI=1S/C19H20N2O7S/c1-28-18(22)8-9-20(13-14-6-4-3-5-7-14)19(23)15-10-16(21(24)25)12-17(11-15)29(2,26)27/h3-7,10-12H,8-9,13H2,1-2H3. The van der Waals surface area contributed by atoms with Crippen LogP contribution in [0.25, 0.3) is 0 Å². The van der Waals surface area contributed by atoms with E-state index >= 15 is 0 Å². The van der Waals surface area contributed by atoms with E-state index in [-0.39, 0.29) is 30.0 Å². The second-order valence-corrected chi connectivity index (χ2v) is 8.30. The minimum atomic E-state index is -3.78. The number of ether oxygens (including phenoxy) is 1. The quantitative estimate of drug-likeness (QED) is 0.364. The molecular weight excluding hydrogens is 400 g/mol. The van der Waals surface area contributed by atoms with Gasteiger partial charge < -0.3 is 9.64 Å². The van der Waals surface area contributed by atoms with E-state index in [9.17, 15) is 28.1 Å². The van der Waals surface area contributed by atoms with Gasteiger partial charge in [0.05, 0.1) is 23.3 Å². The van der Waals surface area contributed by atoms with Crippen molar-refractivity contribution in [3.8, 4) is 0 Å². The number of nitro benzene ring substituents is 1. The summed E-state index contributed by atoms with van der Waals surface area (Å²) in [5, 5.41) is 11.2. The molecule has 0 spiro atoms. The molecule has 154 valence electrons. The van der Waals surface area contributed by atoms with E-state index in [1.54, 1.807) is 24.3 Å². The van der Waals surface area contributed by atoms with Crippen molar-refractivity contribution in [2.75, 3.05) is 19.9 Å². The lowest BCUT2D eigenvalue weighted by Gasteiger charge is -2.23. The molecule has 0 aromatic heterocycles. The van der Waals surface area contributed by atoms with Gasteiger partial charge in [0.15, 0.2) is 9.84 Å². The zero-order chi connectivity index (χ0) is 21.6. The summed E-state index contributed by atoms with van der Waals surface area (Å²) in [6.07, 6.45) is 0.822. The molecule has 0 aliphatic rings. The number of esters is 1. The third-order valence-corrected chi connectivity index (χ3v) is 5.19. The summed E-state index contributed by atoms with van der Waals surface area (Å²) >= 11 is 0. The molecule has 0 heterocycles. The van der Waals surface area contributed by atoms with Crippen LogP contribution in [0.1, 0.15) is 22.3 Å². The Morgan fingerprint density at radius 1 is 1.14 bits per heavy atom. The van der Waals surface area contributed by atoms with Gasteiger partial charge in [0.2, 0.25) is 0 Å². The topological polar surface area (TPSA) is 124 Å². The molecule has 0 bridgehead atoms. The molecule has 0 saturated heterocycles. The summed E-state index contributed by atoms with van der Waals surface area (Å²) in [4.78, 5) is 36.0. The highest BCUT2D eigenvalue weighted by Crippen LogP contribution is 2.23. The van der Waals surface area contributed by atoms with Crippen LogP contribution in [0.5, 0.6) is 0 Å². The van der Waals surface area contributed by atoms with Crippen LogP contribution >= 0.6 is 0 Å². The Hall–Kier alpha value is -3.27. The maximum Gasteiger partial charge on any atom is 0.307 e. The van der Waals surface area contributed by atoms with Crippen molar-refractivity contribution in [1.82, 2.24) is 4.90 Å². The van der Waals surface area contributed by atoms with Gasteiger partial charge >= 0.3 is 5.97 Å². The molecule has 0 N–H and O–H groups in total. The first-order valence-corrected chi connectivity index (χ1v) is 10.4. The zero-order valence-electron chi connectivity index (χ0n) is 15.9. The fourth-order valence-electron chi connectivity index (χ4n) is 2.59. The molecule has 0 radical (unpaired) electrons. The molecule has 0 atom stereocenters. The van der Waals surface area contributed by atoms with Gasteiger partial charge in [-0.2, -0.15) is 0 Å². The lowest BCUT2D eigenvalue weighted by Crippen LogP contribution is -2.33. The third kappa shape index (κ3) is 6.11. The highest BCUT2D eigenvalue weighted by molar-refractivity contribution is 7.90. The highest BCUT2D eigenvalue weighted by Gasteiger charge is 2.23. The highest BCUT2D eigenvalue weighted by atomic mass is 32.2. The third-order valence-electron chi connectivity index (χ3n) is 4.09. The molecule has 0 saturated carbocycles. The van der Waals surface area contributed by atoms with Crippen molar-refractivity contribution in [2.24, 2.45) is 0 Å². The maximum atomic E-state index is 13.1. The van der Waals surface area contributed by atoms with Gasteiger partial charge in [0.1, 0.15) is 0 Å². The van der Waals surface area contributed by atoms with Gasteiger partial charge in [-0.15, -0.1) is 0 Å². The first-order valence-electron chi connectivity index (χ1n) is 8.51. The Morgan fingerprint density at radius 2 is 1.79 bits per heavy atom. The number of rotatable bonds is 8. The number of carbonyl (C=O) groups is 2. The Morgan fingerprint density at radius 3 is 2.34 bits per heavy atom. The average molecular weight is 420 g/mol. The van der Waals surface area contributed by atoms with Crippen LogP contribution in [-0.2, 0) is 25.9 Å². The van der Waals surface area contributed by atoms with E-state index in [4.69, 9.17) is 0 Å². The van der Waals surface area contributed by atoms with Crippen molar-refractivity contribution in [2.45, 2.75) is 17.9 Å². The van der Waals surface area contributed by atoms with Crippen LogP contribution in [0, 0.1) is 10.1 Å². The number of hydrogen-bond donors (Lipinski definition) is 0.